The Labute approximate surface area is 117 Å². The third-order valence-corrected chi connectivity index (χ3v) is 2.93. The maximum Gasteiger partial charge on any atom is 0.163 e. The number of aryl methyl sites for hydroxylation is 1. The first kappa shape index (κ1) is 13.6. The summed E-state index contributed by atoms with van der Waals surface area (Å²) in [6.07, 6.45) is 6.26. The highest BCUT2D eigenvalue weighted by molar-refractivity contribution is 6.31. The molecule has 0 aliphatic heterocycles. The van der Waals surface area contributed by atoms with Crippen molar-refractivity contribution in [1.29, 1.82) is 0 Å². The molecule has 2 rings (SSSR count). The molecular weight excluding hydrogens is 264 g/mol. The highest BCUT2D eigenvalue weighted by atomic mass is 35.5. The van der Waals surface area contributed by atoms with Crippen molar-refractivity contribution >= 4 is 17.4 Å². The molecule has 100 valence electrons. The van der Waals surface area contributed by atoms with E-state index in [1.807, 2.05) is 10.8 Å². The lowest BCUT2D eigenvalue weighted by Crippen LogP contribution is -2.06. The van der Waals surface area contributed by atoms with Gasteiger partial charge >= 0.3 is 0 Å². The van der Waals surface area contributed by atoms with Gasteiger partial charge in [-0.2, -0.15) is 0 Å². The molecule has 0 spiro atoms. The van der Waals surface area contributed by atoms with Crippen molar-refractivity contribution < 1.29 is 9.53 Å². The number of hydrogen-bond acceptors (Lipinski definition) is 3. The number of carbonyl (C=O) groups is 1. The smallest absolute Gasteiger partial charge is 0.163 e. The predicted molar refractivity (Wildman–Crippen MR) is 73.8 cm³/mol. The Bertz CT molecular complexity index is 553. The van der Waals surface area contributed by atoms with Crippen molar-refractivity contribution in [2.24, 2.45) is 0 Å². The second-order valence-corrected chi connectivity index (χ2v) is 4.64. The molecule has 4 nitrogen and oxygen atoms in total. The fourth-order valence-electron chi connectivity index (χ4n) is 1.75. The SMILES string of the molecule is CC(=O)c1cc(Cl)ccc1OCCCn1ccnc1. The normalized spacial score (nSPS) is 10.4. The minimum absolute atomic E-state index is 0.0490. The molecule has 5 heteroatoms. The Kier molecular flexibility index (Phi) is 4.58. The molecule has 0 saturated heterocycles. The standard InChI is InChI=1S/C14H15ClN2O2/c1-11(18)13-9-12(15)3-4-14(13)19-8-2-6-17-7-5-16-10-17/h3-5,7,9-10H,2,6,8H2,1H3. The first-order valence-corrected chi connectivity index (χ1v) is 6.43. The number of ether oxygens (including phenoxy) is 1. The number of hydrogen-bond donors (Lipinski definition) is 0. The maximum atomic E-state index is 11.5. The van der Waals surface area contributed by atoms with Crippen molar-refractivity contribution in [2.45, 2.75) is 19.9 Å². The van der Waals surface area contributed by atoms with Crippen LogP contribution < -0.4 is 4.74 Å². The highest BCUT2D eigenvalue weighted by Crippen LogP contribution is 2.23. The number of ketones is 1. The van der Waals surface area contributed by atoms with E-state index in [0.29, 0.717) is 22.9 Å². The molecule has 0 bridgehead atoms. The van der Waals surface area contributed by atoms with Crippen LogP contribution in [0.2, 0.25) is 5.02 Å². The van der Waals surface area contributed by atoms with Gasteiger partial charge in [0.2, 0.25) is 0 Å². The molecule has 19 heavy (non-hydrogen) atoms. The summed E-state index contributed by atoms with van der Waals surface area (Å²) in [5.74, 6) is 0.537. The number of rotatable bonds is 6. The molecule has 1 aromatic carbocycles. The van der Waals surface area contributed by atoms with Crippen LogP contribution in [-0.2, 0) is 6.54 Å². The Morgan fingerprint density at radius 3 is 3.00 bits per heavy atom. The fraction of sp³-hybridized carbons (Fsp3) is 0.286. The lowest BCUT2D eigenvalue weighted by molar-refractivity contribution is 0.101. The van der Waals surface area contributed by atoms with Gasteiger partial charge in [-0.3, -0.25) is 4.79 Å². The molecule has 1 aromatic heterocycles. The number of Topliss-reactive ketones (excluding diaryl/α,β-unsaturated/α-hetero) is 1. The van der Waals surface area contributed by atoms with E-state index in [9.17, 15) is 4.79 Å². The quantitative estimate of drug-likeness (QED) is 0.602. The van der Waals surface area contributed by atoms with Crippen LogP contribution >= 0.6 is 11.6 Å². The van der Waals surface area contributed by atoms with E-state index in [0.717, 1.165) is 13.0 Å². The molecule has 0 amide bonds. The third-order valence-electron chi connectivity index (χ3n) is 2.70. The van der Waals surface area contributed by atoms with Gasteiger partial charge < -0.3 is 9.30 Å². The van der Waals surface area contributed by atoms with Gasteiger partial charge in [-0.25, -0.2) is 4.98 Å². The van der Waals surface area contributed by atoms with Crippen LogP contribution in [0.4, 0.5) is 0 Å². The minimum Gasteiger partial charge on any atom is -0.493 e. The second-order valence-electron chi connectivity index (χ2n) is 4.20. The zero-order valence-electron chi connectivity index (χ0n) is 10.7. The van der Waals surface area contributed by atoms with E-state index in [2.05, 4.69) is 4.98 Å². The average molecular weight is 279 g/mol. The molecule has 0 unspecified atom stereocenters. The van der Waals surface area contributed by atoms with Gasteiger partial charge in [0.1, 0.15) is 5.75 Å². The van der Waals surface area contributed by atoms with Crippen molar-refractivity contribution in [3.05, 3.63) is 47.5 Å². The van der Waals surface area contributed by atoms with Crippen LogP contribution in [0.3, 0.4) is 0 Å². The highest BCUT2D eigenvalue weighted by Gasteiger charge is 2.09. The molecular formula is C14H15ClN2O2. The largest absolute Gasteiger partial charge is 0.493 e. The van der Waals surface area contributed by atoms with Crippen LogP contribution in [0.1, 0.15) is 23.7 Å². The summed E-state index contributed by atoms with van der Waals surface area (Å²) in [7, 11) is 0. The third kappa shape index (κ3) is 3.83. The Balaban J connectivity index is 1.90. The summed E-state index contributed by atoms with van der Waals surface area (Å²) >= 11 is 5.87. The van der Waals surface area contributed by atoms with Crippen LogP contribution in [-0.4, -0.2) is 21.9 Å². The summed E-state index contributed by atoms with van der Waals surface area (Å²) in [5.41, 5.74) is 0.523. The van der Waals surface area contributed by atoms with E-state index in [1.54, 1.807) is 30.7 Å². The molecule has 0 aliphatic rings. The molecule has 0 N–H and O–H groups in total. The fourth-order valence-corrected chi connectivity index (χ4v) is 1.92. The van der Waals surface area contributed by atoms with Crippen LogP contribution in [0, 0.1) is 0 Å². The van der Waals surface area contributed by atoms with Gasteiger partial charge in [0, 0.05) is 24.0 Å². The summed E-state index contributed by atoms with van der Waals surface area (Å²) in [6.45, 7) is 2.88. The lowest BCUT2D eigenvalue weighted by atomic mass is 10.1. The lowest BCUT2D eigenvalue weighted by Gasteiger charge is -2.10. The zero-order valence-corrected chi connectivity index (χ0v) is 11.4. The van der Waals surface area contributed by atoms with E-state index >= 15 is 0 Å². The first-order chi connectivity index (χ1) is 9.16. The predicted octanol–water partition coefficient (Wildman–Crippen LogP) is 3.21. The molecule has 2 aromatic rings. The Morgan fingerprint density at radius 1 is 1.47 bits per heavy atom. The maximum absolute atomic E-state index is 11.5. The van der Waals surface area contributed by atoms with Crippen LogP contribution in [0.15, 0.2) is 36.9 Å². The number of carbonyl (C=O) groups excluding carboxylic acids is 1. The summed E-state index contributed by atoms with van der Waals surface area (Å²) in [6, 6.07) is 5.09. The monoisotopic (exact) mass is 278 g/mol. The first-order valence-electron chi connectivity index (χ1n) is 6.06. The van der Waals surface area contributed by atoms with Crippen LogP contribution in [0.25, 0.3) is 0 Å². The van der Waals surface area contributed by atoms with Gasteiger partial charge in [0.15, 0.2) is 5.78 Å². The van der Waals surface area contributed by atoms with E-state index in [1.165, 1.54) is 6.92 Å². The van der Waals surface area contributed by atoms with Crippen molar-refractivity contribution in [1.82, 2.24) is 9.55 Å². The Hall–Kier alpha value is -1.81. The molecule has 0 aliphatic carbocycles. The zero-order chi connectivity index (χ0) is 13.7. The number of aromatic nitrogens is 2. The summed E-state index contributed by atoms with van der Waals surface area (Å²) in [4.78, 5) is 15.5. The molecule has 0 radical (unpaired) electrons. The number of halogens is 1. The average Bonchev–Trinajstić information content (AvgIpc) is 2.89. The van der Waals surface area contributed by atoms with Crippen LogP contribution in [0.5, 0.6) is 5.75 Å². The van der Waals surface area contributed by atoms with E-state index < -0.39 is 0 Å². The van der Waals surface area contributed by atoms with Gasteiger partial charge in [0.25, 0.3) is 0 Å². The van der Waals surface area contributed by atoms with Gasteiger partial charge in [-0.05, 0) is 31.5 Å². The van der Waals surface area contributed by atoms with Crippen molar-refractivity contribution in [2.75, 3.05) is 6.61 Å². The van der Waals surface area contributed by atoms with E-state index in [-0.39, 0.29) is 5.78 Å². The van der Waals surface area contributed by atoms with Gasteiger partial charge in [0.05, 0.1) is 18.5 Å². The molecule has 0 saturated carbocycles. The summed E-state index contributed by atoms with van der Waals surface area (Å²) < 4.78 is 7.62. The van der Waals surface area contributed by atoms with Crippen molar-refractivity contribution in [3.63, 3.8) is 0 Å². The van der Waals surface area contributed by atoms with Crippen molar-refractivity contribution in [3.8, 4) is 5.75 Å². The molecule has 0 atom stereocenters. The number of imidazole rings is 1. The Morgan fingerprint density at radius 2 is 2.32 bits per heavy atom. The molecule has 0 fully saturated rings. The minimum atomic E-state index is -0.0490. The topological polar surface area (TPSA) is 44.1 Å². The number of nitrogens with zero attached hydrogens (tertiary/aromatic N) is 2. The summed E-state index contributed by atoms with van der Waals surface area (Å²) in [5, 5.41) is 0.538. The van der Waals surface area contributed by atoms with Gasteiger partial charge in [-0.15, -0.1) is 0 Å². The number of benzene rings is 1. The second kappa shape index (κ2) is 6.38. The van der Waals surface area contributed by atoms with E-state index in [4.69, 9.17) is 16.3 Å². The molecule has 1 heterocycles. The van der Waals surface area contributed by atoms with Gasteiger partial charge in [-0.1, -0.05) is 11.6 Å².